The summed E-state index contributed by atoms with van der Waals surface area (Å²) in [6.45, 7) is -22.8. The maximum absolute atomic E-state index is 13.6. The number of rotatable bonds is 35. The van der Waals surface area contributed by atoms with Crippen LogP contribution in [0.25, 0.3) is 33.5 Å². The van der Waals surface area contributed by atoms with Crippen LogP contribution in [-0.4, -0.2) is 242 Å². The average Bonchev–Trinajstić information content (AvgIpc) is 1.54. The quantitative estimate of drug-likeness (QED) is 0.0243. The van der Waals surface area contributed by atoms with Gasteiger partial charge in [-0.1, -0.05) is 6.92 Å². The molecule has 2 bridgehead atoms. The van der Waals surface area contributed by atoms with E-state index < -0.39 is 229 Å². The first-order valence-electron chi connectivity index (χ1n) is 38.9. The molecule has 26 atom stereocenters. The zero-order valence-corrected chi connectivity index (χ0v) is 78.2. The Kier molecular flexibility index (Phi) is 27.9. The van der Waals surface area contributed by atoms with E-state index >= 15 is 0 Å². The first-order chi connectivity index (χ1) is 60.9. The molecule has 702 valence electrons. The Balaban J connectivity index is 0.617. The first-order valence-corrected chi connectivity index (χ1v) is 54.4. The van der Waals surface area contributed by atoms with Gasteiger partial charge in [0.05, 0.1) is 94.7 Å². The molecule has 9 aromatic rings. The van der Waals surface area contributed by atoms with Gasteiger partial charge in [-0.25, -0.2) is 49.3 Å². The second-order valence-corrected chi connectivity index (χ2v) is 47.4. The number of aryl methyl sites for hydroxylation is 3. The first kappa shape index (κ1) is 95.9. The van der Waals surface area contributed by atoms with Crippen LogP contribution in [0.2, 0.25) is 0 Å². The fraction of sp³-hybridized carbons (Fsp3) is 0.578. The molecule has 7 aliphatic heterocycles. The molecule has 0 spiro atoms. The highest BCUT2D eigenvalue weighted by molar-refractivity contribution is 8.08. The Morgan fingerprint density at radius 2 is 0.837 bits per heavy atom. The van der Waals surface area contributed by atoms with E-state index in [2.05, 4.69) is 59.8 Å². The fourth-order valence-corrected chi connectivity index (χ4v) is 24.1. The fourth-order valence-electron chi connectivity index (χ4n) is 15.8. The molecule has 0 radical (unpaired) electrons. The van der Waals surface area contributed by atoms with Gasteiger partial charge in [0, 0.05) is 74.5 Å². The van der Waals surface area contributed by atoms with Crippen molar-refractivity contribution >= 4 is 168 Å². The monoisotopic (exact) mass is 2030 g/mol. The van der Waals surface area contributed by atoms with Crippen LogP contribution in [0.5, 0.6) is 0 Å². The normalized spacial score (nSPS) is 31.0. The van der Waals surface area contributed by atoms with Gasteiger partial charge in [0.2, 0.25) is 5.95 Å². The predicted octanol–water partition coefficient (Wildman–Crippen LogP) is 0.655. The summed E-state index contributed by atoms with van der Waals surface area (Å²) < 4.78 is 125. The largest absolute Gasteiger partial charge is 0.383 e. The Morgan fingerprint density at radius 3 is 1.29 bits per heavy atom. The van der Waals surface area contributed by atoms with Gasteiger partial charge in [-0.3, -0.25) is 61.3 Å². The number of hydrogen-bond donors (Lipinski definition) is 13. The molecule has 0 saturated carbocycles. The van der Waals surface area contributed by atoms with E-state index in [9.17, 15) is 58.1 Å². The lowest BCUT2D eigenvalue weighted by atomic mass is 9.94. The molecule has 16 heterocycles. The minimum Gasteiger partial charge on any atom is -0.383 e. The molecule has 9 aromatic heterocycles. The molecule has 53 nitrogen and oxygen atoms in total. The number of hydrogen-bond acceptors (Lipinski definition) is 44. The second-order valence-electron chi connectivity index (χ2n) is 30.5. The molecule has 16 rings (SSSR count). The Bertz CT molecular complexity index is 6520. The zero-order valence-electron chi connectivity index (χ0n) is 67.9. The zero-order chi connectivity index (χ0) is 92.3. The molecule has 12 unspecified atom stereocenters. The van der Waals surface area contributed by atoms with Crippen LogP contribution in [-0.2, 0) is 158 Å². The average molecular weight is 2040 g/mol. The van der Waals surface area contributed by atoms with E-state index in [1.54, 1.807) is 18.4 Å². The summed E-state index contributed by atoms with van der Waals surface area (Å²) in [5, 5.41) is 0. The molecule has 7 saturated heterocycles. The summed E-state index contributed by atoms with van der Waals surface area (Å²) in [5.41, 5.74) is 19.0. The third kappa shape index (κ3) is 20.5. The van der Waals surface area contributed by atoms with Crippen molar-refractivity contribution in [1.29, 1.82) is 0 Å². The van der Waals surface area contributed by atoms with Crippen molar-refractivity contribution in [2.45, 2.75) is 195 Å². The van der Waals surface area contributed by atoms with Gasteiger partial charge >= 0.3 is 57.4 Å². The molecule has 129 heavy (non-hydrogen) atoms. The molecule has 0 aliphatic carbocycles. The van der Waals surface area contributed by atoms with Gasteiger partial charge in [-0.05, 0) is 105 Å². The number of anilines is 4. The maximum atomic E-state index is 13.6. The van der Waals surface area contributed by atoms with Gasteiger partial charge in [0.15, 0.2) is 40.3 Å². The van der Waals surface area contributed by atoms with Crippen molar-refractivity contribution < 1.29 is 117 Å². The van der Waals surface area contributed by atoms with Crippen molar-refractivity contribution in [3.8, 4) is 0 Å². The highest BCUT2D eigenvalue weighted by Gasteiger charge is 2.69. The highest BCUT2D eigenvalue weighted by Crippen LogP contribution is 2.61. The molecule has 0 amide bonds. The Morgan fingerprint density at radius 1 is 0.450 bits per heavy atom. The number of imidazole rings is 3. The lowest BCUT2D eigenvalue weighted by molar-refractivity contribution is -0.214. The topological polar surface area (TPSA) is 696 Å². The number of fused-ring (bicyclic) bond motifs is 5. The van der Waals surface area contributed by atoms with E-state index in [0.29, 0.717) is 23.1 Å². The molecule has 7 fully saturated rings. The molecule has 17 N–H and O–H groups in total. The van der Waals surface area contributed by atoms with Crippen molar-refractivity contribution in [3.63, 3.8) is 0 Å². The number of nitrogens with zero attached hydrogens (tertiary/aromatic N) is 15. The highest BCUT2D eigenvalue weighted by atomic mass is 32.5. The standard InChI is InChI=1S/C64H84N22O31P6S6/c1-7-30-31(8-43(106-30)84-23-73-45-51(66)69-21-71-53(45)84)112-119(94,125)100-16-36-32(9-41(108-36)82-14-27(3)56(87)79-62(82)91)114-121(96,127)103-19-39-35(12-44(110-39)85-24-75-47-55(85)77-60(68)78-58(47)89)115-122(97,128)101-17-37-33(10-42(109-37)83-15-28(4)57(88)80-63(83)92)113-120(95,126)102-18-38-34(11-40(107-38)81-13-26(2)50(65)76-61(81)90)116-123(98,129)104-20-64-29(5)105-48(49(64)117-118(93,124)99-6)59(111-64)86-25-74-46-52(67)70-22-72-54(46)86/h13-15,21-25,29-44,48-49,59H,7-12,16-20H2,1-6H3,(H,93,124)(H,94,125)(H,95,126)(H,96,127)(H,97,128)(H,98,129)(H2,65,76,90)(H2,66,69,71)(H2,67,70,72)(H,79,87,91)(H,80,88,92)(H3,68,77,78,89)/t29-,30+,31?,32?,33?,34?,35?,36+,37+,38+,39+,40+,41+,42+,43+,44+,48-,49?,59+,64-,118?,119?,120?,121?,122?,123?/m0/s1. The number of H-pyrrole nitrogens is 3. The Hall–Kier alpha value is -6.21. The predicted molar refractivity (Wildman–Crippen MR) is 467 cm³/mol. The number of nitrogens with one attached hydrogen (secondary N) is 3. The van der Waals surface area contributed by atoms with Gasteiger partial charge in [-0.15, -0.1) is 0 Å². The van der Waals surface area contributed by atoms with Crippen LogP contribution in [0.3, 0.4) is 0 Å². The maximum Gasteiger partial charge on any atom is 0.351 e. The summed E-state index contributed by atoms with van der Waals surface area (Å²) in [6.07, 6.45) is -13.7. The van der Waals surface area contributed by atoms with Crippen LogP contribution in [0.1, 0.15) is 106 Å². The Labute approximate surface area is 755 Å². The molecule has 65 heteroatoms. The summed E-state index contributed by atoms with van der Waals surface area (Å²) in [6, 6.07) is 0. The van der Waals surface area contributed by atoms with Crippen LogP contribution in [0.4, 0.5) is 23.4 Å². The van der Waals surface area contributed by atoms with Crippen molar-refractivity contribution in [1.82, 2.24) is 87.2 Å². The third-order valence-electron chi connectivity index (χ3n) is 22.2. The number of aromatic nitrogens is 18. The SMILES string of the molecule is CC[C@H]1O[C@@H](n2cnc3c(N)ncnc32)CC1OP(O)(=S)OC[C@H]1O[C@@H](n2cc(C)c(=O)[nH]c2=O)CC1OP(O)(=S)OC[C@H]1O[C@@H](n2cnc3c(=O)[nH]c(N)nc32)CC1OP(O)(=S)OC[C@H]1O[C@@H](n2cc(C)c(=O)[nH]c2=O)CC1OP(O)(=S)OC[C@H]1O[C@@H](n2cc(C)c(N)nc2=O)CC1OP(O)(=S)OC[C@]12O[C@@H](n3cnc4c(N)ncnc43)[C@@H](O[C@H]1C)C2OP(O)(=S)OC. The van der Waals surface area contributed by atoms with E-state index in [4.69, 9.17) is 181 Å². The van der Waals surface area contributed by atoms with Gasteiger partial charge in [-0.2, -0.15) is 9.97 Å². The van der Waals surface area contributed by atoms with Gasteiger partial charge < -0.3 is 135 Å². The number of nitrogen functional groups attached to an aromatic ring is 4. The van der Waals surface area contributed by atoms with Gasteiger partial charge in [0.25, 0.3) is 16.7 Å². The lowest BCUT2D eigenvalue weighted by Gasteiger charge is -2.37. The second kappa shape index (κ2) is 37.5. The molecular formula is C64H84N22O31P6S6. The summed E-state index contributed by atoms with van der Waals surface area (Å²) >= 11 is 33.5. The minimum atomic E-state index is -4.72. The van der Waals surface area contributed by atoms with Crippen LogP contribution < -0.4 is 56.7 Å². The summed E-state index contributed by atoms with van der Waals surface area (Å²) in [4.78, 5) is 195. The van der Waals surface area contributed by atoms with Gasteiger partial charge in [0.1, 0.15) is 103 Å². The number of ether oxygens (including phenoxy) is 7. The lowest BCUT2D eigenvalue weighted by Crippen LogP contribution is -2.50. The van der Waals surface area contributed by atoms with Crippen LogP contribution in [0.15, 0.2) is 79.0 Å². The third-order valence-corrected chi connectivity index (χ3v) is 31.7. The van der Waals surface area contributed by atoms with Crippen LogP contribution >= 0.6 is 40.3 Å². The van der Waals surface area contributed by atoms with Crippen molar-refractivity contribution in [3.05, 3.63) is 129 Å². The van der Waals surface area contributed by atoms with E-state index in [-0.39, 0.29) is 89.0 Å². The van der Waals surface area contributed by atoms with E-state index in [1.807, 2.05) is 6.92 Å². The molecular weight excluding hydrogens is 1950 g/mol. The smallest absolute Gasteiger partial charge is 0.351 e. The number of aromatic amines is 3. The van der Waals surface area contributed by atoms with Crippen LogP contribution in [0, 0.1) is 20.8 Å². The molecule has 7 aliphatic rings. The van der Waals surface area contributed by atoms with Crippen molar-refractivity contribution in [2.75, 3.05) is 63.1 Å². The number of nitrogens with two attached hydrogens (primary N) is 4. The van der Waals surface area contributed by atoms with E-state index in [0.717, 1.165) is 20.8 Å². The van der Waals surface area contributed by atoms with Crippen molar-refractivity contribution in [2.24, 2.45) is 0 Å². The minimum absolute atomic E-state index is 0.0531. The molecule has 0 aromatic carbocycles. The summed E-state index contributed by atoms with van der Waals surface area (Å²) in [5.74, 6) is -0.206. The summed E-state index contributed by atoms with van der Waals surface area (Å²) in [7, 11) is 1.14. The van der Waals surface area contributed by atoms with E-state index in [1.165, 1.54) is 73.2 Å².